The molecule has 1 fully saturated rings. The first-order chi connectivity index (χ1) is 18.6. The Labute approximate surface area is 232 Å². The Hall–Kier alpha value is -3.79. The zero-order valence-corrected chi connectivity index (χ0v) is 24.1. The van der Waals surface area contributed by atoms with Gasteiger partial charge in [-0.1, -0.05) is 65.3 Å². The number of nitrogens with zero attached hydrogens (tertiary/aromatic N) is 1. The highest BCUT2D eigenvalue weighted by molar-refractivity contribution is 6.23. The molecule has 200 valence electrons. The van der Waals surface area contributed by atoms with Crippen molar-refractivity contribution in [3.63, 3.8) is 0 Å². The minimum Gasteiger partial charge on any atom is -0.353 e. The highest BCUT2D eigenvalue weighted by atomic mass is 16.2. The lowest BCUT2D eigenvalue weighted by atomic mass is 9.75. The van der Waals surface area contributed by atoms with Crippen LogP contribution in [0.5, 0.6) is 0 Å². The van der Waals surface area contributed by atoms with Gasteiger partial charge in [0.05, 0.1) is 5.92 Å². The van der Waals surface area contributed by atoms with Gasteiger partial charge in [-0.2, -0.15) is 0 Å². The Kier molecular flexibility index (Phi) is 7.15. The molecule has 1 aliphatic heterocycles. The van der Waals surface area contributed by atoms with Crippen molar-refractivity contribution in [2.45, 2.75) is 66.7 Å². The summed E-state index contributed by atoms with van der Waals surface area (Å²) in [6.45, 7) is 15.0. The lowest BCUT2D eigenvalue weighted by molar-refractivity contribution is -0.118. The van der Waals surface area contributed by atoms with Crippen molar-refractivity contribution in [2.75, 3.05) is 6.54 Å². The van der Waals surface area contributed by atoms with Crippen LogP contribution in [-0.4, -0.2) is 23.9 Å². The summed E-state index contributed by atoms with van der Waals surface area (Å²) < 4.78 is 0. The van der Waals surface area contributed by atoms with Crippen LogP contribution in [0.4, 0.5) is 0 Å². The maximum Gasteiger partial charge on any atom is 0.249 e. The van der Waals surface area contributed by atoms with Crippen molar-refractivity contribution in [1.82, 2.24) is 5.32 Å². The third kappa shape index (κ3) is 4.78. The third-order valence-electron chi connectivity index (χ3n) is 8.61. The molecule has 1 heterocycles. The minimum absolute atomic E-state index is 0.0783. The van der Waals surface area contributed by atoms with E-state index < -0.39 is 5.92 Å². The summed E-state index contributed by atoms with van der Waals surface area (Å²) in [6.07, 6.45) is 4.82. The summed E-state index contributed by atoms with van der Waals surface area (Å²) in [4.78, 5) is 32.2. The van der Waals surface area contributed by atoms with E-state index in [0.717, 1.165) is 28.0 Å². The zero-order chi connectivity index (χ0) is 28.0. The molecule has 0 saturated heterocycles. The van der Waals surface area contributed by atoms with Crippen LogP contribution in [0.3, 0.4) is 0 Å². The minimum atomic E-state index is -0.455. The van der Waals surface area contributed by atoms with Gasteiger partial charge in [0.15, 0.2) is 5.78 Å². The molecule has 2 aromatic rings. The van der Waals surface area contributed by atoms with E-state index in [1.807, 2.05) is 32.9 Å². The number of aliphatic imine (C=N–C) groups is 1. The highest BCUT2D eigenvalue weighted by Crippen LogP contribution is 2.46. The second-order valence-electron chi connectivity index (χ2n) is 11.3. The first-order valence-corrected chi connectivity index (χ1v) is 13.9. The molecule has 1 saturated carbocycles. The monoisotopic (exact) mass is 518 g/mol. The van der Waals surface area contributed by atoms with E-state index in [2.05, 4.69) is 75.5 Å². The molecule has 0 radical (unpaired) electrons. The first-order valence-electron chi connectivity index (χ1n) is 13.9. The number of allylic oxidation sites excluding steroid dienone is 7. The van der Waals surface area contributed by atoms with E-state index in [1.54, 1.807) is 0 Å². The van der Waals surface area contributed by atoms with E-state index >= 15 is 0 Å². The molecule has 0 spiro atoms. The summed E-state index contributed by atoms with van der Waals surface area (Å²) in [6, 6.07) is 14.9. The van der Waals surface area contributed by atoms with E-state index in [1.165, 1.54) is 27.8 Å². The Bertz CT molecular complexity index is 1530. The average Bonchev–Trinajstić information content (AvgIpc) is 3.35. The van der Waals surface area contributed by atoms with Gasteiger partial charge in [-0.25, -0.2) is 0 Å². The van der Waals surface area contributed by atoms with Gasteiger partial charge in [-0.15, -0.1) is 0 Å². The average molecular weight is 519 g/mol. The van der Waals surface area contributed by atoms with E-state index in [4.69, 9.17) is 4.99 Å². The van der Waals surface area contributed by atoms with Gasteiger partial charge in [0.25, 0.3) is 0 Å². The number of fused-ring (bicyclic) bond motifs is 1. The number of amides is 1. The fourth-order valence-corrected chi connectivity index (χ4v) is 6.43. The molecular weight excluding hydrogens is 480 g/mol. The van der Waals surface area contributed by atoms with Gasteiger partial charge in [-0.3, -0.25) is 14.6 Å². The summed E-state index contributed by atoms with van der Waals surface area (Å²) in [5.41, 5.74) is 12.6. The van der Waals surface area contributed by atoms with Crippen molar-refractivity contribution in [1.29, 1.82) is 0 Å². The number of carbonyl (C=O) groups is 2. The van der Waals surface area contributed by atoms with E-state index in [0.29, 0.717) is 24.2 Å². The van der Waals surface area contributed by atoms with Gasteiger partial charge >= 0.3 is 0 Å². The van der Waals surface area contributed by atoms with Crippen molar-refractivity contribution in [3.8, 4) is 0 Å². The van der Waals surface area contributed by atoms with Gasteiger partial charge in [-0.05, 0) is 82.4 Å². The number of Topliss-reactive ketones (excluding diaryl/α,β-unsaturated/α-hetero) is 1. The van der Waals surface area contributed by atoms with E-state index in [9.17, 15) is 9.59 Å². The number of likely N-dealkylation sites (N-methyl/N-ethyl adjacent to an activating group) is 1. The van der Waals surface area contributed by atoms with Gasteiger partial charge in [0.2, 0.25) is 5.91 Å². The van der Waals surface area contributed by atoms with Crippen molar-refractivity contribution < 1.29 is 9.59 Å². The molecule has 0 aromatic heterocycles. The molecule has 3 unspecified atom stereocenters. The lowest BCUT2D eigenvalue weighted by Gasteiger charge is -2.30. The molecule has 1 N–H and O–H groups in total. The molecular formula is C35H38N2O2. The summed E-state index contributed by atoms with van der Waals surface area (Å²) in [7, 11) is 0. The maximum absolute atomic E-state index is 14.1. The number of ketones is 1. The Balaban J connectivity index is 1.54. The summed E-state index contributed by atoms with van der Waals surface area (Å²) in [5.74, 6) is -0.640. The predicted molar refractivity (Wildman–Crippen MR) is 159 cm³/mol. The molecule has 5 rings (SSSR count). The van der Waals surface area contributed by atoms with Crippen LogP contribution in [-0.2, 0) is 9.59 Å². The molecule has 0 bridgehead atoms. The van der Waals surface area contributed by atoms with Crippen LogP contribution in [0.2, 0.25) is 0 Å². The fourth-order valence-electron chi connectivity index (χ4n) is 6.43. The topological polar surface area (TPSA) is 58.5 Å². The van der Waals surface area contributed by atoms with Gasteiger partial charge < -0.3 is 5.32 Å². The molecule has 3 aliphatic rings. The number of rotatable bonds is 5. The molecule has 39 heavy (non-hydrogen) atoms. The summed E-state index contributed by atoms with van der Waals surface area (Å²) in [5, 5.41) is 2.95. The van der Waals surface area contributed by atoms with Crippen LogP contribution in [0.1, 0.15) is 73.8 Å². The Morgan fingerprint density at radius 1 is 0.949 bits per heavy atom. The predicted octanol–water partition coefficient (Wildman–Crippen LogP) is 7.14. The smallest absolute Gasteiger partial charge is 0.249 e. The van der Waals surface area contributed by atoms with Crippen molar-refractivity contribution in [3.05, 3.63) is 116 Å². The lowest BCUT2D eigenvalue weighted by Crippen LogP contribution is -2.36. The van der Waals surface area contributed by atoms with Crippen LogP contribution < -0.4 is 5.32 Å². The largest absolute Gasteiger partial charge is 0.353 e. The zero-order valence-electron chi connectivity index (χ0n) is 24.1. The van der Waals surface area contributed by atoms with Crippen LogP contribution in [0.25, 0.3) is 0 Å². The second kappa shape index (κ2) is 10.4. The number of aryl methyl sites for hydroxylation is 3. The highest BCUT2D eigenvalue weighted by Gasteiger charge is 2.47. The van der Waals surface area contributed by atoms with E-state index in [-0.39, 0.29) is 23.5 Å². The SMILES string of the molecule is CCNC(=O)C1=C(C)N=C2C/C(=C\C3=C(C)C(c4ccc(C)c(C)c4)C(C)=C3)C(=O)C2C1c1ccc(C)cc1. The first kappa shape index (κ1) is 26.8. The number of hydrogen-bond donors (Lipinski definition) is 1. The molecule has 2 aliphatic carbocycles. The third-order valence-corrected chi connectivity index (χ3v) is 8.61. The quantitative estimate of drug-likeness (QED) is 0.428. The number of carbonyl (C=O) groups excluding carboxylic acids is 2. The Morgan fingerprint density at radius 3 is 2.31 bits per heavy atom. The van der Waals surface area contributed by atoms with Crippen molar-refractivity contribution >= 4 is 17.4 Å². The second-order valence-corrected chi connectivity index (χ2v) is 11.3. The normalized spacial score (nSPS) is 23.8. The maximum atomic E-state index is 14.1. The molecule has 2 aromatic carbocycles. The molecule has 1 amide bonds. The fraction of sp³-hybridized carbons (Fsp3) is 0.343. The van der Waals surface area contributed by atoms with Crippen LogP contribution in [0.15, 0.2) is 93.2 Å². The molecule has 4 nitrogen and oxygen atoms in total. The summed E-state index contributed by atoms with van der Waals surface area (Å²) >= 11 is 0. The standard InChI is InChI=1S/C35H38N2O2/c1-8-36-35(39)31-24(7)37-29-18-28(34(38)33(29)32(31)25-12-9-19(2)10-13-25)17-27-16-22(5)30(23(27)6)26-14-11-20(3)21(4)15-26/h9-17,30,32-33H,8,18H2,1-7H3,(H,36,39)/b28-17+. The van der Waals surface area contributed by atoms with Gasteiger partial charge in [0, 0.05) is 47.4 Å². The number of benzene rings is 2. The van der Waals surface area contributed by atoms with Gasteiger partial charge in [0.1, 0.15) is 0 Å². The van der Waals surface area contributed by atoms with Crippen LogP contribution >= 0.6 is 0 Å². The van der Waals surface area contributed by atoms with Crippen molar-refractivity contribution in [2.24, 2.45) is 10.9 Å². The van der Waals surface area contributed by atoms with Crippen LogP contribution in [0, 0.1) is 26.7 Å². The number of nitrogens with one attached hydrogen (secondary N) is 1. The molecule has 3 atom stereocenters. The number of hydrogen-bond acceptors (Lipinski definition) is 3. The molecule has 4 heteroatoms. The Morgan fingerprint density at radius 2 is 1.64 bits per heavy atom.